The molecule has 1 aromatic carbocycles. The topological polar surface area (TPSA) is 97.7 Å². The van der Waals surface area contributed by atoms with Crippen molar-refractivity contribution < 1.29 is 22.7 Å². The number of carbonyl (C=O) groups excluding carboxylic acids is 2. The van der Waals surface area contributed by atoms with Crippen molar-refractivity contribution in [3.63, 3.8) is 0 Å². The van der Waals surface area contributed by atoms with Gasteiger partial charge >= 0.3 is 5.97 Å². The Morgan fingerprint density at radius 3 is 2.59 bits per heavy atom. The van der Waals surface area contributed by atoms with E-state index >= 15 is 0 Å². The molecule has 1 atom stereocenters. The third-order valence-electron chi connectivity index (χ3n) is 6.21. The van der Waals surface area contributed by atoms with Gasteiger partial charge in [0.1, 0.15) is 10.5 Å². The summed E-state index contributed by atoms with van der Waals surface area (Å²) in [5, 5.41) is 2.93. The van der Waals surface area contributed by atoms with Gasteiger partial charge in [0.05, 0.1) is 12.5 Å². The molecule has 1 aliphatic heterocycles. The van der Waals surface area contributed by atoms with Crippen LogP contribution in [-0.2, 0) is 26.1 Å². The average Bonchev–Trinajstić information content (AvgIpc) is 3.09. The van der Waals surface area contributed by atoms with Crippen LogP contribution in [-0.4, -0.2) is 55.1 Å². The molecule has 1 unspecified atom stereocenters. The largest absolute Gasteiger partial charge is 0.462 e. The van der Waals surface area contributed by atoms with Gasteiger partial charge in [-0.2, -0.15) is 4.31 Å². The van der Waals surface area contributed by atoms with Gasteiger partial charge in [-0.1, -0.05) is 6.07 Å². The van der Waals surface area contributed by atoms with E-state index in [0.717, 1.165) is 4.90 Å². The van der Waals surface area contributed by atoms with Crippen LogP contribution in [0.5, 0.6) is 0 Å². The number of anilines is 1. The summed E-state index contributed by atoms with van der Waals surface area (Å²) < 4.78 is 35.9. The van der Waals surface area contributed by atoms with Crippen molar-refractivity contribution in [2.45, 2.75) is 56.9 Å². The summed E-state index contributed by atoms with van der Waals surface area (Å²) >= 11 is 1.58. The van der Waals surface area contributed by atoms with Crippen molar-refractivity contribution in [3.8, 4) is 0 Å². The van der Waals surface area contributed by atoms with Gasteiger partial charge in [0, 0.05) is 41.6 Å². The summed E-state index contributed by atoms with van der Waals surface area (Å²) in [5.74, 6) is -1.33. The van der Waals surface area contributed by atoms with E-state index in [2.05, 4.69) is 5.32 Å². The fraction of sp³-hybridized carbons (Fsp3) is 0.500. The van der Waals surface area contributed by atoms with Crippen molar-refractivity contribution >= 4 is 39.3 Å². The van der Waals surface area contributed by atoms with Crippen LogP contribution in [0.1, 0.15) is 48.4 Å². The number of hydrogen-bond donors (Lipinski definition) is 1. The van der Waals surface area contributed by atoms with Crippen molar-refractivity contribution in [1.29, 1.82) is 0 Å². The van der Waals surface area contributed by atoms with Gasteiger partial charge in [-0.25, -0.2) is 13.2 Å². The molecule has 0 radical (unpaired) electrons. The number of benzene rings is 1. The van der Waals surface area contributed by atoms with E-state index in [1.807, 2.05) is 42.0 Å². The zero-order valence-electron chi connectivity index (χ0n) is 20.4. The normalized spacial score (nSPS) is 16.9. The molecule has 1 aliphatic rings. The van der Waals surface area contributed by atoms with Crippen LogP contribution < -0.4 is 5.32 Å². The first-order chi connectivity index (χ1) is 16.1. The number of amides is 1. The number of sulfonamides is 1. The lowest BCUT2D eigenvalue weighted by molar-refractivity contribution is -0.120. The molecule has 2 heterocycles. The lowest BCUT2D eigenvalue weighted by Gasteiger charge is -2.31. The van der Waals surface area contributed by atoms with Crippen LogP contribution in [0, 0.1) is 19.8 Å². The van der Waals surface area contributed by atoms with E-state index in [4.69, 9.17) is 4.74 Å². The van der Waals surface area contributed by atoms with E-state index in [1.165, 1.54) is 4.31 Å². The number of nitrogens with one attached hydrogen (secondary N) is 1. The number of esters is 1. The first kappa shape index (κ1) is 26.3. The number of rotatable bonds is 8. The summed E-state index contributed by atoms with van der Waals surface area (Å²) in [4.78, 5) is 26.7. The van der Waals surface area contributed by atoms with Crippen LogP contribution in [0.3, 0.4) is 0 Å². The van der Waals surface area contributed by atoms with Crippen LogP contribution in [0.4, 0.5) is 5.69 Å². The number of aromatic nitrogens is 1. The molecule has 8 nitrogen and oxygen atoms in total. The van der Waals surface area contributed by atoms with Crippen molar-refractivity contribution in [1.82, 2.24) is 8.87 Å². The Balaban J connectivity index is 1.89. The second kappa shape index (κ2) is 11.0. The summed E-state index contributed by atoms with van der Waals surface area (Å²) in [6, 6.07) is 7.55. The fourth-order valence-corrected chi connectivity index (χ4v) is 6.97. The van der Waals surface area contributed by atoms with Gasteiger partial charge in [0.15, 0.2) is 0 Å². The summed E-state index contributed by atoms with van der Waals surface area (Å²) in [6.45, 7) is 8.07. The van der Waals surface area contributed by atoms with Gasteiger partial charge in [0.25, 0.3) is 0 Å². The zero-order chi connectivity index (χ0) is 25.0. The minimum Gasteiger partial charge on any atom is -0.462 e. The molecule has 1 aromatic heterocycles. The molecule has 2 aromatic rings. The number of piperidine rings is 1. The number of carbonyl (C=O) groups is 2. The highest BCUT2D eigenvalue weighted by molar-refractivity contribution is 7.98. The first-order valence-electron chi connectivity index (χ1n) is 11.5. The second-order valence-corrected chi connectivity index (χ2v) is 11.0. The molecule has 0 saturated carbocycles. The van der Waals surface area contributed by atoms with Gasteiger partial charge in [-0.15, -0.1) is 11.8 Å². The lowest BCUT2D eigenvalue weighted by Crippen LogP contribution is -2.44. The maximum absolute atomic E-state index is 13.8. The minimum absolute atomic E-state index is 0.0148. The lowest BCUT2D eigenvalue weighted by atomic mass is 9.99. The molecular formula is C24H33N3O5S2. The minimum atomic E-state index is -4.02. The predicted molar refractivity (Wildman–Crippen MR) is 134 cm³/mol. The SMILES string of the molecule is CCOC(=O)c1c(S(=O)(=O)N2CCCC(C(=O)Nc3cccc(SC)c3)C2)c(C)n(CC)c1C. The van der Waals surface area contributed by atoms with E-state index in [0.29, 0.717) is 43.0 Å². The maximum Gasteiger partial charge on any atom is 0.341 e. The standard InChI is InChI=1S/C24H33N3O5S2/c1-6-27-16(3)21(24(29)32-7-2)22(17(27)4)34(30,31)26-13-9-10-18(15-26)23(28)25-19-11-8-12-20(14-19)33-5/h8,11-12,14,18H,6-7,9-10,13,15H2,1-5H3,(H,25,28). The molecule has 186 valence electrons. The van der Waals surface area contributed by atoms with Crippen LogP contribution in [0.25, 0.3) is 0 Å². The monoisotopic (exact) mass is 507 g/mol. The van der Waals surface area contributed by atoms with E-state index in [9.17, 15) is 18.0 Å². The Hall–Kier alpha value is -2.30. The zero-order valence-corrected chi connectivity index (χ0v) is 22.0. The molecule has 0 bridgehead atoms. The molecule has 0 aliphatic carbocycles. The Morgan fingerprint density at radius 1 is 1.21 bits per heavy atom. The predicted octanol–water partition coefficient (Wildman–Crippen LogP) is 4.06. The van der Waals surface area contributed by atoms with E-state index < -0.39 is 21.9 Å². The van der Waals surface area contributed by atoms with Crippen LogP contribution >= 0.6 is 11.8 Å². The Morgan fingerprint density at radius 2 is 1.94 bits per heavy atom. The number of hydrogen-bond acceptors (Lipinski definition) is 6. The molecule has 34 heavy (non-hydrogen) atoms. The molecule has 10 heteroatoms. The van der Waals surface area contributed by atoms with Gasteiger partial charge in [-0.3, -0.25) is 4.79 Å². The molecule has 1 saturated heterocycles. The van der Waals surface area contributed by atoms with Crippen molar-refractivity contribution in [2.24, 2.45) is 5.92 Å². The molecule has 1 fully saturated rings. The molecule has 1 N–H and O–H groups in total. The molecular weight excluding hydrogens is 474 g/mol. The smallest absolute Gasteiger partial charge is 0.341 e. The first-order valence-corrected chi connectivity index (χ1v) is 14.1. The number of nitrogens with zero attached hydrogens (tertiary/aromatic N) is 2. The summed E-state index contributed by atoms with van der Waals surface area (Å²) in [5.41, 5.74) is 1.84. The van der Waals surface area contributed by atoms with Gasteiger partial charge in [-0.05, 0) is 65.0 Å². The summed E-state index contributed by atoms with van der Waals surface area (Å²) in [6.07, 6.45) is 3.12. The Bertz CT molecular complexity index is 1170. The number of ether oxygens (including phenoxy) is 1. The van der Waals surface area contributed by atoms with Crippen LogP contribution in [0.2, 0.25) is 0 Å². The fourth-order valence-electron chi connectivity index (χ4n) is 4.54. The third-order valence-corrected chi connectivity index (χ3v) is 8.97. The van der Waals surface area contributed by atoms with Gasteiger partial charge < -0.3 is 14.6 Å². The highest BCUT2D eigenvalue weighted by Gasteiger charge is 2.39. The van der Waals surface area contributed by atoms with Crippen molar-refractivity contribution in [3.05, 3.63) is 41.2 Å². The third kappa shape index (κ3) is 5.18. The highest BCUT2D eigenvalue weighted by atomic mass is 32.2. The second-order valence-electron chi connectivity index (χ2n) is 8.26. The Labute approximate surface area is 206 Å². The van der Waals surface area contributed by atoms with Crippen molar-refractivity contribution in [2.75, 3.05) is 31.3 Å². The van der Waals surface area contributed by atoms with Crippen LogP contribution in [0.15, 0.2) is 34.1 Å². The highest BCUT2D eigenvalue weighted by Crippen LogP contribution is 2.33. The quantitative estimate of drug-likeness (QED) is 0.427. The average molecular weight is 508 g/mol. The molecule has 1 amide bonds. The van der Waals surface area contributed by atoms with E-state index in [-0.39, 0.29) is 29.5 Å². The van der Waals surface area contributed by atoms with E-state index in [1.54, 1.807) is 32.5 Å². The summed E-state index contributed by atoms with van der Waals surface area (Å²) in [7, 11) is -4.02. The Kier molecular flexibility index (Phi) is 8.48. The molecule has 3 rings (SSSR count). The van der Waals surface area contributed by atoms with Gasteiger partial charge in [0.2, 0.25) is 15.9 Å². The maximum atomic E-state index is 13.8. The number of thioether (sulfide) groups is 1. The molecule has 0 spiro atoms.